The van der Waals surface area contributed by atoms with Crippen LogP contribution in [0.25, 0.3) is 21.8 Å². The van der Waals surface area contributed by atoms with Crippen LogP contribution in [0.1, 0.15) is 55.3 Å². The predicted octanol–water partition coefficient (Wildman–Crippen LogP) is -1.22. The Balaban J connectivity index is 1.17. The zero-order valence-corrected chi connectivity index (χ0v) is 38.4. The van der Waals surface area contributed by atoms with E-state index in [1.165, 1.54) is 16.1 Å². The Labute approximate surface area is 401 Å². The number of amides is 6. The predicted molar refractivity (Wildman–Crippen MR) is 256 cm³/mol. The molecule has 372 valence electrons. The lowest BCUT2D eigenvalue weighted by atomic mass is 10.0. The number of guanidine groups is 1. The molecule has 23 heteroatoms. The van der Waals surface area contributed by atoms with Crippen molar-refractivity contribution < 1.29 is 43.8 Å². The van der Waals surface area contributed by atoms with Crippen molar-refractivity contribution in [2.75, 3.05) is 26.2 Å². The summed E-state index contributed by atoms with van der Waals surface area (Å²) < 4.78 is 0. The third-order valence-corrected chi connectivity index (χ3v) is 12.8. The van der Waals surface area contributed by atoms with Gasteiger partial charge >= 0.3 is 5.97 Å². The molecule has 5 aromatic rings. The fourth-order valence-electron chi connectivity index (χ4n) is 9.23. The molecule has 0 saturated carbocycles. The number of carboxylic acid groups (broad SMARTS) is 1. The lowest BCUT2D eigenvalue weighted by Gasteiger charge is -2.31. The van der Waals surface area contributed by atoms with E-state index in [1.807, 2.05) is 48.5 Å². The number of nitrogens with two attached hydrogens (primary N) is 3. The first-order valence-electron chi connectivity index (χ1n) is 23.3. The van der Waals surface area contributed by atoms with Gasteiger partial charge in [0.15, 0.2) is 5.96 Å². The first-order valence-corrected chi connectivity index (χ1v) is 23.3. The van der Waals surface area contributed by atoms with Crippen molar-refractivity contribution in [2.45, 2.75) is 100 Å². The molecule has 15 N–H and O–H groups in total. The number of para-hydroxylation sites is 2. The van der Waals surface area contributed by atoms with Crippen LogP contribution in [0.4, 0.5) is 0 Å². The lowest BCUT2D eigenvalue weighted by Crippen LogP contribution is -2.60. The highest BCUT2D eigenvalue weighted by Crippen LogP contribution is 2.24. The van der Waals surface area contributed by atoms with Crippen LogP contribution in [0.3, 0.4) is 0 Å². The SMILES string of the molecule is NC(N)=NCCC[C@H](NC(=O)[C@H](Cc1c[nH]c2ccccc12)NC(=O)[C@H](Cc1c[nH]c2ccccc12)NC(=O)[C@@H]1CCCN1C(=O)[C@@H](N)Cc1cnc[nH]1)C(=O)N1CCC[C@H]1C(=O)N[C@@H](CO)C(=O)O. The molecule has 0 radical (unpaired) electrons. The highest BCUT2D eigenvalue weighted by atomic mass is 16.4. The van der Waals surface area contributed by atoms with Crippen molar-refractivity contribution in [3.8, 4) is 0 Å². The number of hydrogen-bond donors (Lipinski definition) is 12. The number of carbonyl (C=O) groups excluding carboxylic acids is 6. The van der Waals surface area contributed by atoms with Crippen molar-refractivity contribution in [1.82, 2.24) is 51.0 Å². The van der Waals surface area contributed by atoms with Crippen molar-refractivity contribution >= 4 is 69.2 Å². The molecular weight excluding hydrogens is 905 g/mol. The summed E-state index contributed by atoms with van der Waals surface area (Å²) in [6.07, 6.45) is 8.21. The molecule has 7 rings (SSSR count). The number of imidazole rings is 1. The Morgan fingerprint density at radius 2 is 1.24 bits per heavy atom. The Morgan fingerprint density at radius 3 is 1.77 bits per heavy atom. The van der Waals surface area contributed by atoms with Crippen molar-refractivity contribution in [3.63, 3.8) is 0 Å². The molecule has 2 aliphatic rings. The highest BCUT2D eigenvalue weighted by molar-refractivity contribution is 5.98. The maximum atomic E-state index is 14.9. The molecule has 5 heterocycles. The van der Waals surface area contributed by atoms with Crippen LogP contribution in [0.15, 0.2) is 78.4 Å². The summed E-state index contributed by atoms with van der Waals surface area (Å²) >= 11 is 0. The molecule has 2 fully saturated rings. The average molecular weight is 965 g/mol. The Kier molecular flexibility index (Phi) is 16.5. The maximum Gasteiger partial charge on any atom is 0.328 e. The van der Waals surface area contributed by atoms with E-state index in [-0.39, 0.29) is 64.1 Å². The van der Waals surface area contributed by atoms with E-state index in [0.29, 0.717) is 36.1 Å². The second-order valence-electron chi connectivity index (χ2n) is 17.6. The van der Waals surface area contributed by atoms with E-state index < -0.39 is 90.3 Å². The Hall–Kier alpha value is -7.79. The molecule has 3 aromatic heterocycles. The molecular formula is C47H60N14O9. The fraction of sp³-hybridized carbons (Fsp3) is 0.426. The summed E-state index contributed by atoms with van der Waals surface area (Å²) in [5, 5.41) is 31.5. The number of aliphatic carboxylic acids is 1. The third kappa shape index (κ3) is 12.1. The molecule has 0 unspecified atom stereocenters. The quantitative estimate of drug-likeness (QED) is 0.0220. The second kappa shape index (κ2) is 23.0. The normalized spacial score (nSPS) is 17.9. The van der Waals surface area contributed by atoms with E-state index >= 15 is 0 Å². The molecule has 0 spiro atoms. The maximum absolute atomic E-state index is 14.9. The Morgan fingerprint density at radius 1 is 0.714 bits per heavy atom. The summed E-state index contributed by atoms with van der Waals surface area (Å²) in [6, 6.07) is 6.30. The summed E-state index contributed by atoms with van der Waals surface area (Å²) in [6.45, 7) is -0.394. The fourth-order valence-corrected chi connectivity index (χ4v) is 9.23. The summed E-state index contributed by atoms with van der Waals surface area (Å²) in [7, 11) is 0. The minimum absolute atomic E-state index is 0.00423. The number of carboxylic acids is 1. The number of aliphatic imine (C=N–C) groups is 1. The van der Waals surface area contributed by atoms with Crippen LogP contribution in [0.2, 0.25) is 0 Å². The number of fused-ring (bicyclic) bond motifs is 2. The van der Waals surface area contributed by atoms with E-state index in [2.05, 4.69) is 46.2 Å². The van der Waals surface area contributed by atoms with Crippen molar-refractivity contribution in [1.29, 1.82) is 0 Å². The third-order valence-electron chi connectivity index (χ3n) is 12.8. The van der Waals surface area contributed by atoms with Gasteiger partial charge in [0.1, 0.15) is 36.3 Å². The van der Waals surface area contributed by atoms with E-state index in [4.69, 9.17) is 17.2 Å². The molecule has 2 saturated heterocycles. The Bertz CT molecular complexity index is 2700. The van der Waals surface area contributed by atoms with Crippen LogP contribution < -0.4 is 38.5 Å². The lowest BCUT2D eigenvalue weighted by molar-refractivity contribution is -0.145. The molecule has 0 bridgehead atoms. The number of carbonyl (C=O) groups is 7. The van der Waals surface area contributed by atoms with Gasteiger partial charge in [-0.05, 0) is 61.8 Å². The zero-order valence-electron chi connectivity index (χ0n) is 38.4. The smallest absolute Gasteiger partial charge is 0.328 e. The van der Waals surface area contributed by atoms with Crippen LogP contribution in [0, 0.1) is 0 Å². The summed E-state index contributed by atoms with van der Waals surface area (Å²) in [5.41, 5.74) is 21.0. The number of aromatic amines is 3. The average Bonchev–Trinajstić information content (AvgIpc) is 4.22. The largest absolute Gasteiger partial charge is 0.480 e. The van der Waals surface area contributed by atoms with E-state index in [1.54, 1.807) is 18.6 Å². The van der Waals surface area contributed by atoms with Crippen LogP contribution in [-0.4, -0.2) is 156 Å². The number of nitrogens with one attached hydrogen (secondary N) is 7. The van der Waals surface area contributed by atoms with Gasteiger partial charge in [-0.1, -0.05) is 36.4 Å². The van der Waals surface area contributed by atoms with Crippen LogP contribution >= 0.6 is 0 Å². The van der Waals surface area contributed by atoms with E-state index in [0.717, 1.165) is 21.8 Å². The van der Waals surface area contributed by atoms with Crippen LogP contribution in [0.5, 0.6) is 0 Å². The van der Waals surface area contributed by atoms with Crippen LogP contribution in [-0.2, 0) is 52.8 Å². The molecule has 2 aliphatic heterocycles. The van der Waals surface area contributed by atoms with Gasteiger partial charge in [-0.2, -0.15) is 0 Å². The number of likely N-dealkylation sites (tertiary alicyclic amines) is 2. The van der Waals surface area contributed by atoms with Gasteiger partial charge < -0.3 is 73.4 Å². The van der Waals surface area contributed by atoms with Gasteiger partial charge in [0, 0.05) is 85.0 Å². The number of aliphatic hydroxyl groups excluding tert-OH is 1. The topological polar surface area (TPSA) is 365 Å². The molecule has 70 heavy (non-hydrogen) atoms. The molecule has 2 aromatic carbocycles. The number of hydrogen-bond acceptors (Lipinski definition) is 11. The van der Waals surface area contributed by atoms with Gasteiger partial charge in [0.05, 0.1) is 19.0 Å². The number of rotatable bonds is 22. The monoisotopic (exact) mass is 964 g/mol. The molecule has 0 aliphatic carbocycles. The van der Waals surface area contributed by atoms with Gasteiger partial charge in [0.25, 0.3) is 0 Å². The standard InChI is InChI=1S/C47H60N14O9/c48-31(20-28-23-51-25-55-28)44(67)60-16-6-13-38(60)42(65)58-36(19-27-22-54-33-11-4-2-9-30(27)33)41(64)57-35(18-26-21-53-32-10-3-1-8-29(26)32)40(63)56-34(12-5-15-52-47(49)50)45(68)61-17-7-14-39(61)43(66)59-37(24-62)46(69)70/h1-4,8-11,21-23,25,31,34-39,53-54,62H,5-7,12-20,24,48H2,(H,51,55)(H,56,63)(H,57,64)(H,58,65)(H,59,66)(H,69,70)(H4,49,50,52)/t31-,34-,35-,36-,37-,38-,39-/m0/s1. The molecule has 7 atom stereocenters. The first kappa shape index (κ1) is 50.1. The number of nitrogens with zero attached hydrogens (tertiary/aromatic N) is 4. The number of aromatic nitrogens is 4. The minimum atomic E-state index is -1.60. The van der Waals surface area contributed by atoms with Gasteiger partial charge in [0.2, 0.25) is 35.4 Å². The molecule has 6 amide bonds. The van der Waals surface area contributed by atoms with Gasteiger partial charge in [-0.3, -0.25) is 33.8 Å². The van der Waals surface area contributed by atoms with E-state index in [9.17, 15) is 43.8 Å². The van der Waals surface area contributed by atoms with Gasteiger partial charge in [-0.25, -0.2) is 9.78 Å². The summed E-state index contributed by atoms with van der Waals surface area (Å²) in [4.78, 5) is 117. The minimum Gasteiger partial charge on any atom is -0.480 e. The van der Waals surface area contributed by atoms with Crippen molar-refractivity contribution in [2.24, 2.45) is 22.2 Å². The van der Waals surface area contributed by atoms with Gasteiger partial charge in [-0.15, -0.1) is 0 Å². The number of benzene rings is 2. The summed E-state index contributed by atoms with van der Waals surface area (Å²) in [5.74, 6) is -5.58. The zero-order chi connectivity index (χ0) is 49.9. The second-order valence-corrected chi connectivity index (χ2v) is 17.6. The molecule has 23 nitrogen and oxygen atoms in total. The highest BCUT2D eigenvalue weighted by Gasteiger charge is 2.41. The van der Waals surface area contributed by atoms with Crippen molar-refractivity contribution in [3.05, 3.63) is 90.3 Å². The first-order chi connectivity index (χ1) is 33.7. The number of H-pyrrole nitrogens is 3. The number of aliphatic hydroxyl groups is 1.